The zero-order valence-corrected chi connectivity index (χ0v) is 13.0. The first-order chi connectivity index (χ1) is 10.3. The average molecular weight is 294 g/mol. The number of piperidine rings is 1. The van der Waals surface area contributed by atoms with Crippen LogP contribution in [0, 0.1) is 29.6 Å². The zero-order valence-electron chi connectivity index (χ0n) is 13.0. The molecule has 4 aliphatic rings. The molecule has 7 unspecified atom stereocenters. The molecule has 0 aromatic carbocycles. The zero-order chi connectivity index (χ0) is 14.2. The van der Waals surface area contributed by atoms with E-state index in [0.29, 0.717) is 6.17 Å². The minimum absolute atomic E-state index is 0.0396. The van der Waals surface area contributed by atoms with Gasteiger partial charge < -0.3 is 20.5 Å². The highest BCUT2D eigenvalue weighted by Gasteiger charge is 2.45. The van der Waals surface area contributed by atoms with Gasteiger partial charge in [-0.2, -0.15) is 0 Å². The standard InChI is InChI=1S/C17H30N2O2/c20-14-3-1-2-11(6-14)13-7-15-16(12-4-5-21-10-12)9-19-17(15)18-8-13/h11-20H,1-10H2. The summed E-state index contributed by atoms with van der Waals surface area (Å²) in [7, 11) is 0. The molecule has 21 heavy (non-hydrogen) atoms. The molecule has 4 rings (SSSR count). The molecule has 3 saturated heterocycles. The van der Waals surface area contributed by atoms with Crippen molar-refractivity contribution >= 4 is 0 Å². The molecule has 0 spiro atoms. The Labute approximate surface area is 128 Å². The number of fused-ring (bicyclic) bond motifs is 1. The molecule has 0 aromatic rings. The van der Waals surface area contributed by atoms with Crippen molar-refractivity contribution in [3.8, 4) is 0 Å². The van der Waals surface area contributed by atoms with E-state index in [0.717, 1.165) is 68.7 Å². The Morgan fingerprint density at radius 1 is 0.857 bits per heavy atom. The predicted molar refractivity (Wildman–Crippen MR) is 81.8 cm³/mol. The summed E-state index contributed by atoms with van der Waals surface area (Å²) in [5.74, 6) is 3.84. The fourth-order valence-electron chi connectivity index (χ4n) is 5.45. The van der Waals surface area contributed by atoms with Gasteiger partial charge in [-0.25, -0.2) is 0 Å². The topological polar surface area (TPSA) is 53.5 Å². The van der Waals surface area contributed by atoms with Crippen LogP contribution in [-0.2, 0) is 4.74 Å². The van der Waals surface area contributed by atoms with Crippen molar-refractivity contribution in [1.29, 1.82) is 0 Å². The Bertz CT molecular complexity index is 359. The van der Waals surface area contributed by atoms with Crippen molar-refractivity contribution in [2.45, 2.75) is 50.8 Å². The summed E-state index contributed by atoms with van der Waals surface area (Å²) in [6, 6.07) is 0. The lowest BCUT2D eigenvalue weighted by molar-refractivity contribution is 0.0524. The molecule has 0 amide bonds. The first-order valence-electron chi connectivity index (χ1n) is 9.04. The third-order valence-corrected chi connectivity index (χ3v) is 6.65. The highest BCUT2D eigenvalue weighted by molar-refractivity contribution is 4.98. The van der Waals surface area contributed by atoms with Crippen LogP contribution in [0.2, 0.25) is 0 Å². The Balaban J connectivity index is 1.41. The molecule has 1 aliphatic carbocycles. The molecular weight excluding hydrogens is 264 g/mol. The second kappa shape index (κ2) is 6.15. The first-order valence-corrected chi connectivity index (χ1v) is 9.04. The number of aliphatic hydroxyl groups excluding tert-OH is 1. The Morgan fingerprint density at radius 2 is 1.76 bits per heavy atom. The van der Waals surface area contributed by atoms with Crippen LogP contribution in [0.15, 0.2) is 0 Å². The largest absolute Gasteiger partial charge is 0.393 e. The van der Waals surface area contributed by atoms with Gasteiger partial charge in [-0.05, 0) is 68.2 Å². The van der Waals surface area contributed by atoms with E-state index in [2.05, 4.69) is 10.6 Å². The fourth-order valence-corrected chi connectivity index (χ4v) is 5.45. The second-order valence-corrected chi connectivity index (χ2v) is 7.82. The van der Waals surface area contributed by atoms with Crippen LogP contribution in [-0.4, -0.2) is 43.7 Å². The van der Waals surface area contributed by atoms with Gasteiger partial charge in [0, 0.05) is 19.8 Å². The van der Waals surface area contributed by atoms with Gasteiger partial charge in [-0.15, -0.1) is 0 Å². The SMILES string of the molecule is OC1CCCC(C2CNC3NCC(C4CCOC4)C3C2)C1. The number of hydrogen-bond acceptors (Lipinski definition) is 4. The molecule has 0 radical (unpaired) electrons. The van der Waals surface area contributed by atoms with E-state index in [-0.39, 0.29) is 6.10 Å². The molecule has 7 atom stereocenters. The van der Waals surface area contributed by atoms with Crippen molar-refractivity contribution in [3.05, 3.63) is 0 Å². The maximum atomic E-state index is 9.97. The van der Waals surface area contributed by atoms with E-state index in [1.54, 1.807) is 0 Å². The quantitative estimate of drug-likeness (QED) is 0.719. The van der Waals surface area contributed by atoms with Gasteiger partial charge in [0.15, 0.2) is 0 Å². The van der Waals surface area contributed by atoms with Gasteiger partial charge in [0.05, 0.1) is 12.3 Å². The van der Waals surface area contributed by atoms with Crippen LogP contribution in [0.3, 0.4) is 0 Å². The van der Waals surface area contributed by atoms with Crippen LogP contribution in [0.25, 0.3) is 0 Å². The lowest BCUT2D eigenvalue weighted by Crippen LogP contribution is -2.51. The average Bonchev–Trinajstić information content (AvgIpc) is 3.15. The summed E-state index contributed by atoms with van der Waals surface area (Å²) in [4.78, 5) is 0. The minimum Gasteiger partial charge on any atom is -0.393 e. The van der Waals surface area contributed by atoms with E-state index in [4.69, 9.17) is 4.74 Å². The van der Waals surface area contributed by atoms with E-state index in [1.165, 1.54) is 25.7 Å². The third-order valence-electron chi connectivity index (χ3n) is 6.65. The number of rotatable bonds is 2. The second-order valence-electron chi connectivity index (χ2n) is 7.82. The molecule has 3 aliphatic heterocycles. The summed E-state index contributed by atoms with van der Waals surface area (Å²) >= 11 is 0. The lowest BCUT2D eigenvalue weighted by atomic mass is 9.69. The first kappa shape index (κ1) is 14.4. The third kappa shape index (κ3) is 2.88. The maximum absolute atomic E-state index is 9.97. The lowest BCUT2D eigenvalue weighted by Gasteiger charge is -2.41. The summed E-state index contributed by atoms with van der Waals surface area (Å²) < 4.78 is 5.63. The van der Waals surface area contributed by atoms with Crippen LogP contribution < -0.4 is 10.6 Å². The van der Waals surface area contributed by atoms with Gasteiger partial charge in [0.2, 0.25) is 0 Å². The molecule has 3 N–H and O–H groups in total. The van der Waals surface area contributed by atoms with Crippen molar-refractivity contribution in [2.24, 2.45) is 29.6 Å². The van der Waals surface area contributed by atoms with E-state index in [9.17, 15) is 5.11 Å². The van der Waals surface area contributed by atoms with Gasteiger partial charge in [0.1, 0.15) is 0 Å². The molecule has 120 valence electrons. The molecule has 0 bridgehead atoms. The summed E-state index contributed by atoms with van der Waals surface area (Å²) in [5.41, 5.74) is 0. The molecule has 0 aromatic heterocycles. The van der Waals surface area contributed by atoms with Crippen molar-refractivity contribution < 1.29 is 9.84 Å². The van der Waals surface area contributed by atoms with Crippen molar-refractivity contribution in [3.63, 3.8) is 0 Å². The van der Waals surface area contributed by atoms with Gasteiger partial charge in [-0.3, -0.25) is 0 Å². The normalized spacial score (nSPS) is 51.0. The summed E-state index contributed by atoms with van der Waals surface area (Å²) in [5, 5.41) is 17.4. The number of nitrogens with one attached hydrogen (secondary N) is 2. The fraction of sp³-hybridized carbons (Fsp3) is 1.00. The summed E-state index contributed by atoms with van der Waals surface area (Å²) in [6.45, 7) is 4.24. The van der Waals surface area contributed by atoms with E-state index >= 15 is 0 Å². The van der Waals surface area contributed by atoms with E-state index in [1.807, 2.05) is 0 Å². The summed E-state index contributed by atoms with van der Waals surface area (Å²) in [6.07, 6.45) is 7.69. The number of aliphatic hydroxyl groups is 1. The van der Waals surface area contributed by atoms with Crippen molar-refractivity contribution in [2.75, 3.05) is 26.3 Å². The number of ether oxygens (including phenoxy) is 1. The molecule has 4 nitrogen and oxygen atoms in total. The Kier molecular flexibility index (Phi) is 4.23. The predicted octanol–water partition coefficient (Wildman–Crippen LogP) is 1.35. The molecule has 3 heterocycles. The highest BCUT2D eigenvalue weighted by Crippen LogP contribution is 2.42. The molecule has 4 heteroatoms. The molecule has 4 fully saturated rings. The van der Waals surface area contributed by atoms with Gasteiger partial charge >= 0.3 is 0 Å². The number of hydrogen-bond donors (Lipinski definition) is 3. The smallest absolute Gasteiger partial charge is 0.0604 e. The Morgan fingerprint density at radius 3 is 2.57 bits per heavy atom. The molecular formula is C17H30N2O2. The van der Waals surface area contributed by atoms with Gasteiger partial charge in [0.25, 0.3) is 0 Å². The van der Waals surface area contributed by atoms with Crippen LogP contribution in [0.5, 0.6) is 0 Å². The van der Waals surface area contributed by atoms with Crippen LogP contribution in [0.4, 0.5) is 0 Å². The van der Waals surface area contributed by atoms with Gasteiger partial charge in [-0.1, -0.05) is 6.42 Å². The Hall–Kier alpha value is -0.160. The highest BCUT2D eigenvalue weighted by atomic mass is 16.5. The van der Waals surface area contributed by atoms with Crippen molar-refractivity contribution in [1.82, 2.24) is 10.6 Å². The minimum atomic E-state index is -0.0396. The molecule has 1 saturated carbocycles. The van der Waals surface area contributed by atoms with Crippen LogP contribution >= 0.6 is 0 Å². The van der Waals surface area contributed by atoms with E-state index < -0.39 is 0 Å². The maximum Gasteiger partial charge on any atom is 0.0604 e. The monoisotopic (exact) mass is 294 g/mol. The van der Waals surface area contributed by atoms with Crippen LogP contribution in [0.1, 0.15) is 38.5 Å².